The molecule has 3 rings (SSSR count). The third-order valence-electron chi connectivity index (χ3n) is 4.53. The van der Waals surface area contributed by atoms with Crippen molar-refractivity contribution in [1.82, 2.24) is 10.3 Å². The lowest BCUT2D eigenvalue weighted by Crippen LogP contribution is -2.28. The Morgan fingerprint density at radius 2 is 1.92 bits per heavy atom. The fraction of sp³-hybridized carbons (Fsp3) is 0.444. The summed E-state index contributed by atoms with van der Waals surface area (Å²) in [5.41, 5.74) is -0.297. The molecule has 140 valence electrons. The highest BCUT2D eigenvalue weighted by molar-refractivity contribution is 7.16. The summed E-state index contributed by atoms with van der Waals surface area (Å²) in [6, 6.07) is 1.24. The number of anilines is 1. The van der Waals surface area contributed by atoms with Gasteiger partial charge in [-0.15, -0.1) is 11.3 Å². The van der Waals surface area contributed by atoms with E-state index in [-0.39, 0.29) is 22.3 Å². The maximum Gasteiger partial charge on any atom is 0.226 e. The number of carbonyl (C=O) groups is 1. The number of benzene rings is 1. The molecule has 1 aliphatic rings. The summed E-state index contributed by atoms with van der Waals surface area (Å²) in [6.07, 6.45) is 3.33. The zero-order valence-electron chi connectivity index (χ0n) is 14.4. The Hall–Kier alpha value is -1.93. The SMILES string of the molecule is Cc1sc(NC(=O)CCC2CCNCC2)nc1-c1c(F)cc(F)cc1F. The van der Waals surface area contributed by atoms with Gasteiger partial charge in [0, 0.05) is 23.4 Å². The minimum atomic E-state index is -1.01. The number of piperidine rings is 1. The predicted molar refractivity (Wildman–Crippen MR) is 95.6 cm³/mol. The highest BCUT2D eigenvalue weighted by Gasteiger charge is 2.20. The van der Waals surface area contributed by atoms with Crippen LogP contribution < -0.4 is 10.6 Å². The molecule has 0 bridgehead atoms. The highest BCUT2D eigenvalue weighted by Crippen LogP contribution is 2.34. The normalized spacial score (nSPS) is 15.2. The lowest BCUT2D eigenvalue weighted by atomic mass is 9.93. The van der Waals surface area contributed by atoms with Crippen LogP contribution in [0, 0.1) is 30.3 Å². The summed E-state index contributed by atoms with van der Waals surface area (Å²) < 4.78 is 41.0. The van der Waals surface area contributed by atoms with Gasteiger partial charge in [-0.25, -0.2) is 18.2 Å². The van der Waals surface area contributed by atoms with Crippen molar-refractivity contribution in [2.45, 2.75) is 32.6 Å². The Labute approximate surface area is 153 Å². The van der Waals surface area contributed by atoms with Crippen molar-refractivity contribution in [2.75, 3.05) is 18.4 Å². The molecule has 2 N–H and O–H groups in total. The number of rotatable bonds is 5. The van der Waals surface area contributed by atoms with Crippen LogP contribution in [0.4, 0.5) is 18.3 Å². The zero-order valence-corrected chi connectivity index (χ0v) is 15.2. The van der Waals surface area contributed by atoms with E-state index in [2.05, 4.69) is 15.6 Å². The van der Waals surface area contributed by atoms with E-state index in [1.54, 1.807) is 6.92 Å². The Kier molecular flexibility index (Phi) is 5.93. The van der Waals surface area contributed by atoms with Crippen molar-refractivity contribution in [2.24, 2.45) is 5.92 Å². The van der Waals surface area contributed by atoms with Crippen molar-refractivity contribution >= 4 is 22.4 Å². The van der Waals surface area contributed by atoms with Crippen LogP contribution in [0.3, 0.4) is 0 Å². The van der Waals surface area contributed by atoms with Crippen LogP contribution in [0.1, 0.15) is 30.6 Å². The van der Waals surface area contributed by atoms with E-state index < -0.39 is 17.5 Å². The van der Waals surface area contributed by atoms with Gasteiger partial charge in [0.25, 0.3) is 0 Å². The average Bonchev–Trinajstić information content (AvgIpc) is 2.93. The molecular formula is C18H20F3N3OS. The monoisotopic (exact) mass is 383 g/mol. The van der Waals surface area contributed by atoms with Gasteiger partial charge in [0.2, 0.25) is 5.91 Å². The molecule has 2 heterocycles. The van der Waals surface area contributed by atoms with Crippen LogP contribution in [0.25, 0.3) is 11.3 Å². The van der Waals surface area contributed by atoms with E-state index in [0.717, 1.165) is 43.7 Å². The molecule has 2 aromatic rings. The van der Waals surface area contributed by atoms with E-state index >= 15 is 0 Å². The van der Waals surface area contributed by atoms with E-state index in [0.29, 0.717) is 29.3 Å². The average molecular weight is 383 g/mol. The number of aromatic nitrogens is 1. The lowest BCUT2D eigenvalue weighted by Gasteiger charge is -2.21. The van der Waals surface area contributed by atoms with Gasteiger partial charge in [-0.2, -0.15) is 0 Å². The number of hydrogen-bond donors (Lipinski definition) is 2. The van der Waals surface area contributed by atoms with Gasteiger partial charge >= 0.3 is 0 Å². The van der Waals surface area contributed by atoms with Crippen molar-refractivity contribution in [3.8, 4) is 11.3 Å². The molecule has 1 aromatic carbocycles. The molecule has 1 amide bonds. The van der Waals surface area contributed by atoms with Crippen LogP contribution in [-0.4, -0.2) is 24.0 Å². The van der Waals surface area contributed by atoms with Gasteiger partial charge in [-0.05, 0) is 45.2 Å². The second-order valence-corrected chi connectivity index (χ2v) is 7.65. The molecule has 1 fully saturated rings. The van der Waals surface area contributed by atoms with Gasteiger partial charge in [0.1, 0.15) is 17.5 Å². The van der Waals surface area contributed by atoms with Crippen molar-refractivity contribution in [3.05, 3.63) is 34.5 Å². The quantitative estimate of drug-likeness (QED) is 0.811. The molecule has 1 saturated heterocycles. The Morgan fingerprint density at radius 3 is 2.58 bits per heavy atom. The molecule has 0 spiro atoms. The zero-order chi connectivity index (χ0) is 18.7. The third-order valence-corrected chi connectivity index (χ3v) is 5.41. The molecule has 8 heteroatoms. The summed E-state index contributed by atoms with van der Waals surface area (Å²) in [6.45, 7) is 3.62. The molecule has 4 nitrogen and oxygen atoms in total. The van der Waals surface area contributed by atoms with E-state index in [4.69, 9.17) is 0 Å². The standard InChI is InChI=1S/C18H20F3N3OS/c1-10-17(16-13(20)8-12(19)9-14(16)21)24-18(26-10)23-15(25)3-2-11-4-6-22-7-5-11/h8-9,11,22H,2-7H2,1H3,(H,23,24,25). The van der Waals surface area contributed by atoms with Gasteiger partial charge in [-0.1, -0.05) is 0 Å². The summed E-state index contributed by atoms with van der Waals surface area (Å²) in [5, 5.41) is 6.27. The summed E-state index contributed by atoms with van der Waals surface area (Å²) >= 11 is 1.14. The number of nitrogens with one attached hydrogen (secondary N) is 2. The second-order valence-electron chi connectivity index (χ2n) is 6.45. The third kappa shape index (κ3) is 4.42. The molecular weight excluding hydrogens is 363 g/mol. The molecule has 1 aliphatic heterocycles. The molecule has 1 aromatic heterocycles. The Bertz CT molecular complexity index is 780. The first-order valence-corrected chi connectivity index (χ1v) is 9.38. The predicted octanol–water partition coefficient (Wildman–Crippen LogP) is 4.25. The van der Waals surface area contributed by atoms with E-state index in [1.807, 2.05) is 0 Å². The van der Waals surface area contributed by atoms with Gasteiger partial charge in [0.05, 0.1) is 11.3 Å². The van der Waals surface area contributed by atoms with Crippen molar-refractivity contribution in [1.29, 1.82) is 0 Å². The maximum atomic E-state index is 14.0. The number of thiazole rings is 1. The summed E-state index contributed by atoms with van der Waals surface area (Å²) in [7, 11) is 0. The number of amides is 1. The van der Waals surface area contributed by atoms with Crippen molar-refractivity contribution < 1.29 is 18.0 Å². The minimum absolute atomic E-state index is 0.0821. The summed E-state index contributed by atoms with van der Waals surface area (Å²) in [4.78, 5) is 16.8. The number of halogens is 3. The number of nitrogens with zero attached hydrogens (tertiary/aromatic N) is 1. The van der Waals surface area contributed by atoms with Crippen LogP contribution in [0.5, 0.6) is 0 Å². The molecule has 0 radical (unpaired) electrons. The number of aryl methyl sites for hydroxylation is 1. The highest BCUT2D eigenvalue weighted by atomic mass is 32.1. The molecule has 0 saturated carbocycles. The van der Waals surface area contributed by atoms with Crippen LogP contribution in [0.2, 0.25) is 0 Å². The Morgan fingerprint density at radius 1 is 1.27 bits per heavy atom. The van der Waals surface area contributed by atoms with E-state index in [9.17, 15) is 18.0 Å². The first-order chi connectivity index (χ1) is 12.4. The lowest BCUT2D eigenvalue weighted by molar-refractivity contribution is -0.116. The van der Waals surface area contributed by atoms with Crippen molar-refractivity contribution in [3.63, 3.8) is 0 Å². The Balaban J connectivity index is 1.67. The maximum absolute atomic E-state index is 14.0. The number of carbonyl (C=O) groups excluding carboxylic acids is 1. The smallest absolute Gasteiger partial charge is 0.226 e. The topological polar surface area (TPSA) is 54.0 Å². The molecule has 26 heavy (non-hydrogen) atoms. The number of hydrogen-bond acceptors (Lipinski definition) is 4. The largest absolute Gasteiger partial charge is 0.317 e. The van der Waals surface area contributed by atoms with Crippen LogP contribution in [0.15, 0.2) is 12.1 Å². The van der Waals surface area contributed by atoms with Gasteiger partial charge in [0.15, 0.2) is 5.13 Å². The van der Waals surface area contributed by atoms with Gasteiger partial charge in [-0.3, -0.25) is 4.79 Å². The minimum Gasteiger partial charge on any atom is -0.317 e. The van der Waals surface area contributed by atoms with Crippen LogP contribution >= 0.6 is 11.3 Å². The van der Waals surface area contributed by atoms with E-state index in [1.165, 1.54) is 0 Å². The van der Waals surface area contributed by atoms with Crippen LogP contribution in [-0.2, 0) is 4.79 Å². The first-order valence-electron chi connectivity index (χ1n) is 8.57. The first kappa shape index (κ1) is 18.8. The molecule has 0 aliphatic carbocycles. The van der Waals surface area contributed by atoms with Gasteiger partial charge < -0.3 is 10.6 Å². The fourth-order valence-electron chi connectivity index (χ4n) is 3.14. The second kappa shape index (κ2) is 8.18. The fourth-order valence-corrected chi connectivity index (χ4v) is 3.97. The molecule has 0 unspecified atom stereocenters. The summed E-state index contributed by atoms with van der Waals surface area (Å²) in [5.74, 6) is -2.63. The molecule has 0 atom stereocenters.